The van der Waals surface area contributed by atoms with Crippen LogP contribution in [-0.4, -0.2) is 12.0 Å². The van der Waals surface area contributed by atoms with E-state index >= 15 is 0 Å². The predicted octanol–water partition coefficient (Wildman–Crippen LogP) is 2.83. The van der Waals surface area contributed by atoms with Gasteiger partial charge in [-0.25, -0.2) is 8.78 Å². The summed E-state index contributed by atoms with van der Waals surface area (Å²) in [5, 5.41) is 0. The van der Waals surface area contributed by atoms with E-state index in [1.807, 2.05) is 0 Å². The van der Waals surface area contributed by atoms with Crippen molar-refractivity contribution in [1.82, 2.24) is 5.43 Å². The lowest BCUT2D eigenvalue weighted by Gasteiger charge is -2.36. The van der Waals surface area contributed by atoms with Crippen molar-refractivity contribution >= 4 is 0 Å². The van der Waals surface area contributed by atoms with Gasteiger partial charge >= 0.3 is 0 Å². The Balaban J connectivity index is 1.90. The summed E-state index contributed by atoms with van der Waals surface area (Å²) in [6.07, 6.45) is 6.29. The van der Waals surface area contributed by atoms with Crippen LogP contribution < -0.4 is 11.3 Å². The van der Waals surface area contributed by atoms with Crippen LogP contribution in [0.2, 0.25) is 0 Å². The van der Waals surface area contributed by atoms with Gasteiger partial charge in [0.1, 0.15) is 0 Å². The summed E-state index contributed by atoms with van der Waals surface area (Å²) in [6, 6.07) is 0.263. The van der Waals surface area contributed by atoms with E-state index in [0.717, 1.165) is 0 Å². The van der Waals surface area contributed by atoms with E-state index < -0.39 is 5.92 Å². The highest BCUT2D eigenvalue weighted by molar-refractivity contribution is 4.89. The second kappa shape index (κ2) is 4.96. The van der Waals surface area contributed by atoms with Crippen molar-refractivity contribution in [3.05, 3.63) is 0 Å². The van der Waals surface area contributed by atoms with E-state index in [4.69, 9.17) is 5.84 Å². The first-order chi connectivity index (χ1) is 7.62. The van der Waals surface area contributed by atoms with E-state index in [0.29, 0.717) is 24.7 Å². The van der Waals surface area contributed by atoms with Crippen LogP contribution in [0.25, 0.3) is 0 Å². The SMILES string of the molecule is NNC(C1CCCC1)C1CCC(F)(F)CC1. The topological polar surface area (TPSA) is 38.0 Å². The maximum absolute atomic E-state index is 13.1. The fourth-order valence-electron chi connectivity index (χ4n) is 3.40. The molecule has 0 aromatic rings. The molecule has 2 aliphatic rings. The first kappa shape index (κ1) is 12.2. The predicted molar refractivity (Wildman–Crippen MR) is 60.0 cm³/mol. The molecule has 3 N–H and O–H groups in total. The van der Waals surface area contributed by atoms with Crippen molar-refractivity contribution in [2.45, 2.75) is 63.3 Å². The van der Waals surface area contributed by atoms with Gasteiger partial charge in [-0.3, -0.25) is 11.3 Å². The molecule has 0 bridgehead atoms. The number of hydrogen-bond acceptors (Lipinski definition) is 2. The number of halogens is 2. The Hall–Kier alpha value is -0.220. The Morgan fingerprint density at radius 2 is 1.50 bits per heavy atom. The molecule has 0 radical (unpaired) electrons. The third-order valence-electron chi connectivity index (χ3n) is 4.37. The van der Waals surface area contributed by atoms with Crippen LogP contribution in [0.4, 0.5) is 8.78 Å². The summed E-state index contributed by atoms with van der Waals surface area (Å²) >= 11 is 0. The molecular formula is C12H22F2N2. The Morgan fingerprint density at radius 1 is 1.00 bits per heavy atom. The fraction of sp³-hybridized carbons (Fsp3) is 1.00. The van der Waals surface area contributed by atoms with Gasteiger partial charge in [-0.1, -0.05) is 12.8 Å². The van der Waals surface area contributed by atoms with E-state index in [2.05, 4.69) is 5.43 Å². The average Bonchev–Trinajstić information content (AvgIpc) is 2.75. The van der Waals surface area contributed by atoms with Gasteiger partial charge in [0.2, 0.25) is 5.92 Å². The highest BCUT2D eigenvalue weighted by atomic mass is 19.3. The second-order valence-corrected chi connectivity index (χ2v) is 5.43. The van der Waals surface area contributed by atoms with Crippen molar-refractivity contribution in [3.8, 4) is 0 Å². The molecule has 0 amide bonds. The number of rotatable bonds is 3. The zero-order chi connectivity index (χ0) is 11.6. The Kier molecular flexibility index (Phi) is 3.80. The maximum Gasteiger partial charge on any atom is 0.248 e. The van der Waals surface area contributed by atoms with Crippen molar-refractivity contribution < 1.29 is 8.78 Å². The summed E-state index contributed by atoms with van der Waals surface area (Å²) in [5.74, 6) is 4.16. The fourth-order valence-corrected chi connectivity index (χ4v) is 3.40. The first-order valence-electron chi connectivity index (χ1n) is 6.46. The molecule has 2 saturated carbocycles. The van der Waals surface area contributed by atoms with Crippen LogP contribution in [0, 0.1) is 11.8 Å². The monoisotopic (exact) mass is 232 g/mol. The summed E-state index contributed by atoms with van der Waals surface area (Å²) in [6.45, 7) is 0. The van der Waals surface area contributed by atoms with Gasteiger partial charge in [0.15, 0.2) is 0 Å². The number of nitrogens with one attached hydrogen (secondary N) is 1. The molecule has 4 heteroatoms. The minimum absolute atomic E-state index is 0.0442. The Morgan fingerprint density at radius 3 is 2.00 bits per heavy atom. The molecule has 0 aromatic heterocycles. The van der Waals surface area contributed by atoms with Crippen molar-refractivity contribution in [2.75, 3.05) is 0 Å². The van der Waals surface area contributed by atoms with Gasteiger partial charge < -0.3 is 0 Å². The molecular weight excluding hydrogens is 210 g/mol. The molecule has 1 atom stereocenters. The van der Waals surface area contributed by atoms with Crippen molar-refractivity contribution in [2.24, 2.45) is 17.7 Å². The molecule has 2 rings (SSSR count). The largest absolute Gasteiger partial charge is 0.271 e. The summed E-state index contributed by atoms with van der Waals surface area (Å²) in [5.41, 5.74) is 2.90. The number of hydrazine groups is 1. The van der Waals surface area contributed by atoms with Gasteiger partial charge in [0.25, 0.3) is 0 Å². The molecule has 1 unspecified atom stereocenters. The summed E-state index contributed by atoms with van der Waals surface area (Å²) < 4.78 is 26.1. The highest BCUT2D eigenvalue weighted by Crippen LogP contribution is 2.41. The van der Waals surface area contributed by atoms with Crippen molar-refractivity contribution in [3.63, 3.8) is 0 Å². The molecule has 0 aromatic carbocycles. The standard InChI is InChI=1S/C12H22F2N2/c13-12(14)7-5-10(6-8-12)11(16-15)9-3-1-2-4-9/h9-11,16H,1-8,15H2. The zero-order valence-corrected chi connectivity index (χ0v) is 9.72. The Labute approximate surface area is 95.9 Å². The molecule has 94 valence electrons. The average molecular weight is 232 g/mol. The van der Waals surface area contributed by atoms with Crippen LogP contribution >= 0.6 is 0 Å². The molecule has 2 nitrogen and oxygen atoms in total. The highest BCUT2D eigenvalue weighted by Gasteiger charge is 2.39. The first-order valence-corrected chi connectivity index (χ1v) is 6.46. The lowest BCUT2D eigenvalue weighted by molar-refractivity contribution is -0.0519. The van der Waals surface area contributed by atoms with Gasteiger partial charge in [-0.15, -0.1) is 0 Å². The van der Waals surface area contributed by atoms with Crippen molar-refractivity contribution in [1.29, 1.82) is 0 Å². The van der Waals surface area contributed by atoms with Crippen LogP contribution in [0.1, 0.15) is 51.4 Å². The molecule has 2 aliphatic carbocycles. The maximum atomic E-state index is 13.1. The smallest absolute Gasteiger partial charge is 0.248 e. The van der Waals surface area contributed by atoms with Gasteiger partial charge in [0.05, 0.1) is 0 Å². The summed E-state index contributed by atoms with van der Waals surface area (Å²) in [4.78, 5) is 0. The minimum atomic E-state index is -2.43. The van der Waals surface area contributed by atoms with E-state index in [-0.39, 0.29) is 18.9 Å². The van der Waals surface area contributed by atoms with Gasteiger partial charge in [-0.05, 0) is 37.5 Å². The van der Waals surface area contributed by atoms with Crippen LogP contribution in [0.3, 0.4) is 0 Å². The molecule has 0 heterocycles. The van der Waals surface area contributed by atoms with E-state index in [1.54, 1.807) is 0 Å². The molecule has 16 heavy (non-hydrogen) atoms. The molecule has 0 aliphatic heterocycles. The summed E-state index contributed by atoms with van der Waals surface area (Å²) in [7, 11) is 0. The quantitative estimate of drug-likeness (QED) is 0.580. The number of alkyl halides is 2. The zero-order valence-electron chi connectivity index (χ0n) is 9.72. The number of nitrogens with two attached hydrogens (primary N) is 1. The van der Waals surface area contributed by atoms with Crippen LogP contribution in [-0.2, 0) is 0 Å². The third-order valence-corrected chi connectivity index (χ3v) is 4.37. The van der Waals surface area contributed by atoms with Crippen LogP contribution in [0.15, 0.2) is 0 Å². The lowest BCUT2D eigenvalue weighted by atomic mass is 9.77. The van der Waals surface area contributed by atoms with Gasteiger partial charge in [0, 0.05) is 18.9 Å². The Bertz CT molecular complexity index is 217. The minimum Gasteiger partial charge on any atom is -0.271 e. The van der Waals surface area contributed by atoms with E-state index in [1.165, 1.54) is 25.7 Å². The lowest BCUT2D eigenvalue weighted by Crippen LogP contribution is -2.47. The molecule has 0 saturated heterocycles. The third kappa shape index (κ3) is 2.72. The normalized spacial score (nSPS) is 29.4. The van der Waals surface area contributed by atoms with E-state index in [9.17, 15) is 8.78 Å². The van der Waals surface area contributed by atoms with Gasteiger partial charge in [-0.2, -0.15) is 0 Å². The second-order valence-electron chi connectivity index (χ2n) is 5.43. The molecule has 0 spiro atoms. The molecule has 2 fully saturated rings. The number of hydrogen-bond donors (Lipinski definition) is 2. The van der Waals surface area contributed by atoms with Crippen LogP contribution in [0.5, 0.6) is 0 Å².